The van der Waals surface area contributed by atoms with Crippen molar-refractivity contribution in [1.29, 1.82) is 0 Å². The first-order valence-electron chi connectivity index (χ1n) is 10.2. The van der Waals surface area contributed by atoms with Crippen LogP contribution >= 0.6 is 11.8 Å². The molecule has 30 heavy (non-hydrogen) atoms. The quantitative estimate of drug-likeness (QED) is 0.255. The zero-order valence-corrected chi connectivity index (χ0v) is 21.6. The van der Waals surface area contributed by atoms with Crippen molar-refractivity contribution in [2.24, 2.45) is 11.3 Å². The number of esters is 2. The summed E-state index contributed by atoms with van der Waals surface area (Å²) in [7, 11) is -2.02. The summed E-state index contributed by atoms with van der Waals surface area (Å²) in [6.45, 7) is 19.2. The van der Waals surface area contributed by atoms with Crippen molar-refractivity contribution in [3.8, 4) is 0 Å². The number of hydrogen-bond donors (Lipinski definition) is 0. The van der Waals surface area contributed by atoms with Crippen LogP contribution in [0.25, 0.3) is 0 Å². The lowest BCUT2D eigenvalue weighted by Crippen LogP contribution is -2.62. The molecule has 0 N–H and O–H groups in total. The number of ether oxygens (including phenoxy) is 2. The van der Waals surface area contributed by atoms with Gasteiger partial charge in [0.25, 0.3) is 0 Å². The van der Waals surface area contributed by atoms with Gasteiger partial charge in [-0.15, -0.1) is 11.8 Å². The zero-order valence-electron chi connectivity index (χ0n) is 19.7. The fourth-order valence-electron chi connectivity index (χ4n) is 3.07. The molecule has 2 heterocycles. The minimum atomic E-state index is -2.02. The highest BCUT2D eigenvalue weighted by Gasteiger charge is 2.58. The Hall–Kier alpha value is -1.32. The number of β-lactam (4-membered cyclic amide) rings is 1. The summed E-state index contributed by atoms with van der Waals surface area (Å²) in [6, 6.07) is 0. The van der Waals surface area contributed by atoms with Crippen molar-refractivity contribution < 1.29 is 28.3 Å². The number of rotatable bonds is 6. The second-order valence-electron chi connectivity index (χ2n) is 10.5. The molecule has 0 radical (unpaired) electrons. The molecule has 0 aromatic heterocycles. The maximum absolute atomic E-state index is 12.9. The summed E-state index contributed by atoms with van der Waals surface area (Å²) in [6.07, 6.45) is -0.233. The van der Waals surface area contributed by atoms with Crippen molar-refractivity contribution in [3.05, 3.63) is 10.6 Å². The monoisotopic (exact) mass is 457 g/mol. The van der Waals surface area contributed by atoms with Gasteiger partial charge in [0.1, 0.15) is 11.1 Å². The molecule has 9 heteroatoms. The molecule has 7 nitrogen and oxygen atoms in total. The molecule has 1 unspecified atom stereocenters. The van der Waals surface area contributed by atoms with E-state index < -0.39 is 32.5 Å². The highest BCUT2D eigenvalue weighted by atomic mass is 32.2. The molecule has 2 rings (SSSR count). The smallest absolute Gasteiger partial charge is 0.358 e. The number of carbonyl (C=O) groups excluding carboxylic acids is 3. The lowest BCUT2D eigenvalue weighted by atomic mass is 9.92. The first kappa shape index (κ1) is 24.9. The Labute approximate surface area is 185 Å². The van der Waals surface area contributed by atoms with E-state index in [4.69, 9.17) is 13.9 Å². The topological polar surface area (TPSA) is 82.1 Å². The van der Waals surface area contributed by atoms with Crippen LogP contribution in [0.4, 0.5) is 0 Å². The Morgan fingerprint density at radius 1 is 1.13 bits per heavy atom. The first-order valence-corrected chi connectivity index (χ1v) is 14.0. The van der Waals surface area contributed by atoms with Gasteiger partial charge in [-0.1, -0.05) is 20.8 Å². The van der Waals surface area contributed by atoms with Crippen LogP contribution < -0.4 is 0 Å². The summed E-state index contributed by atoms with van der Waals surface area (Å²) in [5, 5.41) is -0.124. The number of amides is 1. The van der Waals surface area contributed by atoms with Crippen LogP contribution in [0.5, 0.6) is 0 Å². The third kappa shape index (κ3) is 4.78. The highest BCUT2D eigenvalue weighted by Crippen LogP contribution is 2.51. The molecular weight excluding hydrogens is 422 g/mol. The van der Waals surface area contributed by atoms with Crippen LogP contribution in [0.15, 0.2) is 10.6 Å². The minimum Gasteiger partial charge on any atom is -0.427 e. The summed E-state index contributed by atoms with van der Waals surface area (Å²) in [4.78, 5) is 39.5. The fraction of sp³-hybridized carbons (Fsp3) is 0.762. The van der Waals surface area contributed by atoms with Crippen LogP contribution in [0.2, 0.25) is 18.1 Å². The largest absolute Gasteiger partial charge is 0.427 e. The van der Waals surface area contributed by atoms with Gasteiger partial charge in [-0.05, 0) is 52.8 Å². The molecule has 2 aliphatic rings. The lowest BCUT2D eigenvalue weighted by Gasteiger charge is -2.48. The van der Waals surface area contributed by atoms with Crippen molar-refractivity contribution >= 4 is 37.9 Å². The van der Waals surface area contributed by atoms with Gasteiger partial charge in [0.15, 0.2) is 8.32 Å². The van der Waals surface area contributed by atoms with Crippen molar-refractivity contribution in [2.75, 3.05) is 6.79 Å². The maximum Gasteiger partial charge on any atom is 0.358 e. The molecule has 2 aliphatic heterocycles. The summed E-state index contributed by atoms with van der Waals surface area (Å²) in [5.74, 6) is -1.55. The Kier molecular flexibility index (Phi) is 6.91. The van der Waals surface area contributed by atoms with Gasteiger partial charge >= 0.3 is 11.9 Å². The minimum absolute atomic E-state index is 0.0458. The van der Waals surface area contributed by atoms with Gasteiger partial charge in [0.05, 0.1) is 17.4 Å². The van der Waals surface area contributed by atoms with Crippen molar-refractivity contribution in [1.82, 2.24) is 4.90 Å². The fourth-order valence-corrected chi connectivity index (χ4v) is 5.95. The zero-order chi connectivity index (χ0) is 23.2. The van der Waals surface area contributed by atoms with Gasteiger partial charge in [-0.2, -0.15) is 0 Å². The van der Waals surface area contributed by atoms with Gasteiger partial charge < -0.3 is 13.9 Å². The van der Waals surface area contributed by atoms with Crippen LogP contribution in [0.1, 0.15) is 55.4 Å². The standard InChI is InChI=1S/C21H35NO6SSi/c1-12(28-30(9,10)21(6,7)8)14-16(23)22-15(13(2)29-17(14)22)18(24)26-11-27-19(25)20(3,4)5/h12,14,17H,11H2,1-10H3/t12?,14-,17+/m0/s1. The predicted molar refractivity (Wildman–Crippen MR) is 119 cm³/mol. The Bertz CT molecular complexity index is 764. The van der Waals surface area contributed by atoms with Crippen molar-refractivity contribution in [3.63, 3.8) is 0 Å². The van der Waals surface area contributed by atoms with E-state index in [1.54, 1.807) is 27.7 Å². The molecule has 1 saturated heterocycles. The number of allylic oxidation sites excluding steroid dienone is 1. The Morgan fingerprint density at radius 2 is 1.70 bits per heavy atom. The molecular formula is C21H35NO6SSi. The van der Waals surface area contributed by atoms with Crippen molar-refractivity contribution in [2.45, 2.75) is 85.0 Å². The second-order valence-corrected chi connectivity index (χ2v) is 16.5. The average molecular weight is 458 g/mol. The molecule has 0 saturated carbocycles. The van der Waals surface area contributed by atoms with E-state index >= 15 is 0 Å². The van der Waals surface area contributed by atoms with Crippen LogP contribution in [0.3, 0.4) is 0 Å². The van der Waals surface area contributed by atoms with E-state index in [1.807, 2.05) is 6.92 Å². The molecule has 0 aromatic carbocycles. The Balaban J connectivity index is 2.00. The third-order valence-corrected chi connectivity index (χ3v) is 11.8. The van der Waals surface area contributed by atoms with E-state index in [0.29, 0.717) is 0 Å². The Morgan fingerprint density at radius 3 is 2.20 bits per heavy atom. The molecule has 0 spiro atoms. The van der Waals surface area contributed by atoms with E-state index in [2.05, 4.69) is 33.9 Å². The van der Waals surface area contributed by atoms with Crippen LogP contribution in [0, 0.1) is 11.3 Å². The molecule has 1 fully saturated rings. The molecule has 0 aliphatic carbocycles. The molecule has 170 valence electrons. The number of nitrogens with zero attached hydrogens (tertiary/aromatic N) is 1. The second kappa shape index (κ2) is 8.31. The maximum atomic E-state index is 12.9. The number of carbonyl (C=O) groups is 3. The van der Waals surface area contributed by atoms with E-state index in [-0.39, 0.29) is 34.0 Å². The van der Waals surface area contributed by atoms with E-state index in [0.717, 1.165) is 4.91 Å². The van der Waals surface area contributed by atoms with Gasteiger partial charge in [-0.25, -0.2) is 4.79 Å². The molecule has 0 bridgehead atoms. The normalized spacial score (nSPS) is 23.1. The van der Waals surface area contributed by atoms with Gasteiger partial charge in [0, 0.05) is 4.91 Å². The van der Waals surface area contributed by atoms with E-state index in [9.17, 15) is 14.4 Å². The summed E-state index contributed by atoms with van der Waals surface area (Å²) in [5.41, 5.74) is -0.450. The summed E-state index contributed by atoms with van der Waals surface area (Å²) >= 11 is 1.48. The third-order valence-electron chi connectivity index (χ3n) is 5.93. The van der Waals surface area contributed by atoms with Crippen LogP contribution in [-0.2, 0) is 28.3 Å². The molecule has 1 amide bonds. The lowest BCUT2D eigenvalue weighted by molar-refractivity contribution is -0.174. The average Bonchev–Trinajstić information content (AvgIpc) is 2.84. The van der Waals surface area contributed by atoms with Gasteiger partial charge in [-0.3, -0.25) is 14.5 Å². The number of thioether (sulfide) groups is 1. The van der Waals surface area contributed by atoms with Crippen LogP contribution in [-0.4, -0.2) is 49.3 Å². The number of fused-ring (bicyclic) bond motifs is 1. The molecule has 0 aromatic rings. The highest BCUT2D eigenvalue weighted by molar-refractivity contribution is 8.04. The SMILES string of the molecule is CC1=C(C(=O)OCOC(=O)C(C)(C)C)N2C(=O)[C@H](C(C)O[Si](C)(C)C(C)(C)C)[C@H]2S1. The predicted octanol–water partition coefficient (Wildman–Crippen LogP) is 4.25. The number of hydrogen-bond acceptors (Lipinski definition) is 7. The summed E-state index contributed by atoms with van der Waals surface area (Å²) < 4.78 is 16.5. The molecule has 3 atom stereocenters. The van der Waals surface area contributed by atoms with Gasteiger partial charge in [0.2, 0.25) is 12.7 Å². The van der Waals surface area contributed by atoms with E-state index in [1.165, 1.54) is 16.7 Å². The first-order chi connectivity index (χ1) is 13.5.